The summed E-state index contributed by atoms with van der Waals surface area (Å²) in [4.78, 5) is 24.3. The van der Waals surface area contributed by atoms with E-state index in [1.807, 2.05) is 0 Å². The van der Waals surface area contributed by atoms with Crippen molar-refractivity contribution < 1.29 is 14.1 Å². The summed E-state index contributed by atoms with van der Waals surface area (Å²) < 4.78 is 4.99. The lowest BCUT2D eigenvalue weighted by Crippen LogP contribution is -2.43. The highest BCUT2D eigenvalue weighted by atomic mass is 35.5. The molecule has 1 aromatic carbocycles. The summed E-state index contributed by atoms with van der Waals surface area (Å²) in [5.74, 6) is -0.0436. The number of carbonyl (C=O) groups is 2. The number of aryl methyl sites for hydroxylation is 2. The van der Waals surface area contributed by atoms with Crippen molar-refractivity contribution in [1.29, 1.82) is 0 Å². The standard InChI is InChI=1S/C15H15Cl2N3O3S/c1-8-11(9(2)23-20-8)6-14(21)18-19-15(22)7-24-13-5-10(16)3-4-12(13)17/h3-5H,6-7H2,1-2H3,(H,18,21)(H,19,22). The first kappa shape index (κ1) is 18.6. The molecule has 0 atom stereocenters. The van der Waals surface area contributed by atoms with E-state index in [4.69, 9.17) is 27.7 Å². The molecule has 0 spiro atoms. The van der Waals surface area contributed by atoms with Gasteiger partial charge in [0, 0.05) is 15.5 Å². The molecule has 128 valence electrons. The molecule has 2 amide bonds. The lowest BCUT2D eigenvalue weighted by Gasteiger charge is -2.08. The number of carbonyl (C=O) groups excluding carboxylic acids is 2. The maximum absolute atomic E-state index is 11.9. The molecule has 0 aliphatic rings. The van der Waals surface area contributed by atoms with Crippen LogP contribution >= 0.6 is 35.0 Å². The Bertz CT molecular complexity index is 745. The second kappa shape index (κ2) is 8.41. The SMILES string of the molecule is Cc1noc(C)c1CC(=O)NNC(=O)CSc1cc(Cl)ccc1Cl. The van der Waals surface area contributed by atoms with Crippen molar-refractivity contribution in [2.24, 2.45) is 0 Å². The van der Waals surface area contributed by atoms with Crippen molar-refractivity contribution in [3.63, 3.8) is 0 Å². The van der Waals surface area contributed by atoms with Gasteiger partial charge in [-0.3, -0.25) is 20.4 Å². The Balaban J connectivity index is 1.78. The summed E-state index contributed by atoms with van der Waals surface area (Å²) in [7, 11) is 0. The zero-order chi connectivity index (χ0) is 17.7. The Morgan fingerprint density at radius 1 is 1.21 bits per heavy atom. The highest BCUT2D eigenvalue weighted by molar-refractivity contribution is 8.00. The third-order valence-corrected chi connectivity index (χ3v) is 4.84. The minimum absolute atomic E-state index is 0.0781. The van der Waals surface area contributed by atoms with Crippen LogP contribution in [-0.4, -0.2) is 22.7 Å². The van der Waals surface area contributed by atoms with Crippen LogP contribution in [0.4, 0.5) is 0 Å². The number of hydrogen-bond donors (Lipinski definition) is 2. The fourth-order valence-electron chi connectivity index (χ4n) is 1.87. The number of amides is 2. The predicted octanol–water partition coefficient (Wildman–Crippen LogP) is 3.08. The molecule has 1 aromatic heterocycles. The van der Waals surface area contributed by atoms with Crippen LogP contribution < -0.4 is 10.9 Å². The van der Waals surface area contributed by atoms with Crippen molar-refractivity contribution in [1.82, 2.24) is 16.0 Å². The molecule has 1 heterocycles. The Morgan fingerprint density at radius 3 is 2.58 bits per heavy atom. The molecule has 0 saturated heterocycles. The van der Waals surface area contributed by atoms with Crippen molar-refractivity contribution >= 4 is 46.8 Å². The zero-order valence-corrected chi connectivity index (χ0v) is 15.3. The fraction of sp³-hybridized carbons (Fsp3) is 0.267. The average Bonchev–Trinajstić information content (AvgIpc) is 2.85. The van der Waals surface area contributed by atoms with Crippen LogP contribution in [0.1, 0.15) is 17.0 Å². The molecule has 2 N–H and O–H groups in total. The van der Waals surface area contributed by atoms with E-state index in [0.717, 1.165) is 0 Å². The number of benzene rings is 1. The van der Waals surface area contributed by atoms with E-state index in [2.05, 4.69) is 16.0 Å². The maximum Gasteiger partial charge on any atom is 0.248 e. The van der Waals surface area contributed by atoms with Crippen LogP contribution in [0.2, 0.25) is 10.0 Å². The van der Waals surface area contributed by atoms with E-state index < -0.39 is 0 Å². The van der Waals surface area contributed by atoms with Crippen LogP contribution in [-0.2, 0) is 16.0 Å². The van der Waals surface area contributed by atoms with Gasteiger partial charge in [0.15, 0.2) is 0 Å². The van der Waals surface area contributed by atoms with Crippen LogP contribution in [0.25, 0.3) is 0 Å². The minimum Gasteiger partial charge on any atom is -0.361 e. The Kier molecular flexibility index (Phi) is 6.53. The van der Waals surface area contributed by atoms with E-state index in [9.17, 15) is 9.59 Å². The molecule has 9 heteroatoms. The largest absolute Gasteiger partial charge is 0.361 e. The summed E-state index contributed by atoms with van der Waals surface area (Å²) in [6.07, 6.45) is 0.0781. The molecule has 0 radical (unpaired) electrons. The van der Waals surface area contributed by atoms with Gasteiger partial charge in [-0.15, -0.1) is 11.8 Å². The van der Waals surface area contributed by atoms with Gasteiger partial charge in [0.2, 0.25) is 11.8 Å². The maximum atomic E-state index is 11.9. The Morgan fingerprint density at radius 2 is 1.92 bits per heavy atom. The topological polar surface area (TPSA) is 84.2 Å². The Labute approximate surface area is 153 Å². The van der Waals surface area contributed by atoms with Gasteiger partial charge >= 0.3 is 0 Å². The van der Waals surface area contributed by atoms with E-state index in [-0.39, 0.29) is 24.0 Å². The van der Waals surface area contributed by atoms with Crippen molar-refractivity contribution in [2.75, 3.05) is 5.75 Å². The molecule has 2 rings (SSSR count). The second-order valence-electron chi connectivity index (χ2n) is 4.94. The summed E-state index contributed by atoms with van der Waals surface area (Å²) in [5.41, 5.74) is 6.07. The molecule has 0 fully saturated rings. The quantitative estimate of drug-likeness (QED) is 0.608. The number of thioether (sulfide) groups is 1. The first-order valence-electron chi connectivity index (χ1n) is 6.94. The van der Waals surface area contributed by atoms with Gasteiger partial charge in [-0.2, -0.15) is 0 Å². The van der Waals surface area contributed by atoms with E-state index >= 15 is 0 Å². The van der Waals surface area contributed by atoms with Gasteiger partial charge in [0.05, 0.1) is 22.9 Å². The third-order valence-electron chi connectivity index (χ3n) is 3.11. The molecule has 0 bridgehead atoms. The normalized spacial score (nSPS) is 10.5. The lowest BCUT2D eigenvalue weighted by molar-refractivity contribution is -0.127. The summed E-state index contributed by atoms with van der Waals surface area (Å²) in [5, 5.41) is 4.82. The number of nitrogens with zero attached hydrogens (tertiary/aromatic N) is 1. The third kappa shape index (κ3) is 5.15. The molecule has 0 saturated carbocycles. The van der Waals surface area contributed by atoms with Gasteiger partial charge < -0.3 is 4.52 Å². The predicted molar refractivity (Wildman–Crippen MR) is 93.2 cm³/mol. The monoisotopic (exact) mass is 387 g/mol. The highest BCUT2D eigenvalue weighted by Crippen LogP contribution is 2.29. The number of aromatic nitrogens is 1. The van der Waals surface area contributed by atoms with Crippen molar-refractivity contribution in [3.8, 4) is 0 Å². The van der Waals surface area contributed by atoms with Crippen LogP contribution in [0.15, 0.2) is 27.6 Å². The summed E-state index contributed by atoms with van der Waals surface area (Å²) >= 11 is 13.1. The van der Waals surface area contributed by atoms with Crippen molar-refractivity contribution in [2.45, 2.75) is 25.2 Å². The second-order valence-corrected chi connectivity index (χ2v) is 6.80. The summed E-state index contributed by atoms with van der Waals surface area (Å²) in [6.45, 7) is 3.48. The summed E-state index contributed by atoms with van der Waals surface area (Å²) in [6, 6.07) is 5.01. The molecular weight excluding hydrogens is 373 g/mol. The van der Waals surface area contributed by atoms with E-state index in [1.165, 1.54) is 11.8 Å². The number of hydrogen-bond acceptors (Lipinski definition) is 5. The van der Waals surface area contributed by atoms with Gasteiger partial charge in [0.1, 0.15) is 5.76 Å². The van der Waals surface area contributed by atoms with Crippen LogP contribution in [0.3, 0.4) is 0 Å². The molecular formula is C15H15Cl2N3O3S. The molecule has 0 aliphatic heterocycles. The molecule has 2 aromatic rings. The lowest BCUT2D eigenvalue weighted by atomic mass is 10.1. The van der Waals surface area contributed by atoms with Gasteiger partial charge in [-0.25, -0.2) is 0 Å². The minimum atomic E-state index is -0.358. The van der Waals surface area contributed by atoms with Gasteiger partial charge in [-0.05, 0) is 32.0 Å². The van der Waals surface area contributed by atoms with Crippen molar-refractivity contribution in [3.05, 3.63) is 45.3 Å². The Hall–Kier alpha value is -1.70. The van der Waals surface area contributed by atoms with Crippen LogP contribution in [0.5, 0.6) is 0 Å². The molecule has 6 nitrogen and oxygen atoms in total. The fourth-order valence-corrected chi connectivity index (χ4v) is 3.16. The van der Waals surface area contributed by atoms with Gasteiger partial charge in [-0.1, -0.05) is 28.4 Å². The van der Waals surface area contributed by atoms with E-state index in [0.29, 0.717) is 32.0 Å². The zero-order valence-electron chi connectivity index (χ0n) is 13.0. The van der Waals surface area contributed by atoms with Crippen LogP contribution in [0, 0.1) is 13.8 Å². The molecule has 0 unspecified atom stereocenters. The number of rotatable bonds is 5. The number of halogens is 2. The van der Waals surface area contributed by atoms with E-state index in [1.54, 1.807) is 32.0 Å². The number of nitrogens with one attached hydrogen (secondary N) is 2. The highest BCUT2D eigenvalue weighted by Gasteiger charge is 2.14. The first-order valence-corrected chi connectivity index (χ1v) is 8.68. The van der Waals surface area contributed by atoms with Gasteiger partial charge in [0.25, 0.3) is 0 Å². The first-order chi connectivity index (χ1) is 11.4. The number of hydrazine groups is 1. The molecule has 24 heavy (non-hydrogen) atoms. The molecule has 0 aliphatic carbocycles. The smallest absolute Gasteiger partial charge is 0.248 e. The average molecular weight is 388 g/mol.